The van der Waals surface area contributed by atoms with Crippen LogP contribution in [0.4, 0.5) is 5.69 Å². The zero-order valence-electron chi connectivity index (χ0n) is 16.0. The summed E-state index contributed by atoms with van der Waals surface area (Å²) < 4.78 is 6.45. The highest BCUT2D eigenvalue weighted by molar-refractivity contribution is 7.99. The molecule has 0 fully saturated rings. The monoisotopic (exact) mass is 418 g/mol. The van der Waals surface area contributed by atoms with Crippen LogP contribution in [0.2, 0.25) is 0 Å². The molecule has 0 unspecified atom stereocenters. The van der Waals surface area contributed by atoms with Gasteiger partial charge < -0.3 is 10.1 Å². The third-order valence-corrected chi connectivity index (χ3v) is 5.68. The Balaban J connectivity index is 1.57. The Morgan fingerprint density at radius 2 is 2.07 bits per heavy atom. The quantitative estimate of drug-likeness (QED) is 0.604. The van der Waals surface area contributed by atoms with Crippen LogP contribution in [0.3, 0.4) is 0 Å². The molecule has 3 aromatic rings. The zero-order chi connectivity index (χ0) is 20.1. The van der Waals surface area contributed by atoms with Gasteiger partial charge in [-0.2, -0.15) is 9.61 Å². The van der Waals surface area contributed by atoms with E-state index in [-0.39, 0.29) is 17.2 Å². The lowest BCUT2D eigenvalue weighted by molar-refractivity contribution is -0.113. The zero-order valence-corrected chi connectivity index (χ0v) is 17.6. The Kier molecular flexibility index (Phi) is 6.69. The van der Waals surface area contributed by atoms with Crippen molar-refractivity contribution in [1.29, 1.82) is 0 Å². The number of benzene rings is 1. The van der Waals surface area contributed by atoms with Crippen LogP contribution in [-0.4, -0.2) is 33.4 Å². The molecule has 0 aliphatic heterocycles. The first-order valence-corrected chi connectivity index (χ1v) is 10.8. The van der Waals surface area contributed by atoms with Gasteiger partial charge in [0.2, 0.25) is 10.9 Å². The van der Waals surface area contributed by atoms with Crippen molar-refractivity contribution < 1.29 is 9.53 Å². The first-order valence-electron chi connectivity index (χ1n) is 8.85. The normalized spacial score (nSPS) is 11.1. The predicted octanol–water partition coefficient (Wildman–Crippen LogP) is 3.23. The van der Waals surface area contributed by atoms with Crippen LogP contribution in [0.25, 0.3) is 4.96 Å². The predicted molar refractivity (Wildman–Crippen MR) is 113 cm³/mol. The van der Waals surface area contributed by atoms with Gasteiger partial charge in [-0.3, -0.25) is 9.59 Å². The maximum atomic E-state index is 12.3. The van der Waals surface area contributed by atoms with E-state index in [1.165, 1.54) is 33.7 Å². The molecule has 2 heterocycles. The summed E-state index contributed by atoms with van der Waals surface area (Å²) in [6, 6.07) is 8.64. The Hall–Kier alpha value is -2.39. The molecule has 0 aliphatic carbocycles. The van der Waals surface area contributed by atoms with Gasteiger partial charge in [-0.1, -0.05) is 25.2 Å². The number of nitrogens with one attached hydrogen (secondary N) is 1. The summed E-state index contributed by atoms with van der Waals surface area (Å²) in [7, 11) is 1.60. The van der Waals surface area contributed by atoms with E-state index in [2.05, 4.69) is 29.2 Å². The second-order valence-electron chi connectivity index (χ2n) is 6.64. The van der Waals surface area contributed by atoms with Crippen LogP contribution < -0.4 is 15.6 Å². The van der Waals surface area contributed by atoms with E-state index in [4.69, 9.17) is 4.74 Å². The van der Waals surface area contributed by atoms with Crippen LogP contribution in [0.15, 0.2) is 35.1 Å². The van der Waals surface area contributed by atoms with E-state index in [1.54, 1.807) is 31.4 Å². The molecule has 28 heavy (non-hydrogen) atoms. The molecule has 0 saturated heterocycles. The average molecular weight is 419 g/mol. The van der Waals surface area contributed by atoms with Gasteiger partial charge in [0, 0.05) is 23.9 Å². The first-order chi connectivity index (χ1) is 13.4. The van der Waals surface area contributed by atoms with Crippen molar-refractivity contribution in [2.24, 2.45) is 5.92 Å². The number of thioether (sulfide) groups is 1. The molecule has 0 aliphatic rings. The number of fused-ring (bicyclic) bond motifs is 1. The van der Waals surface area contributed by atoms with Gasteiger partial charge in [0.15, 0.2) is 0 Å². The van der Waals surface area contributed by atoms with Gasteiger partial charge in [-0.05, 0) is 30.2 Å². The summed E-state index contributed by atoms with van der Waals surface area (Å²) in [4.78, 5) is 29.5. The largest absolute Gasteiger partial charge is 0.497 e. The van der Waals surface area contributed by atoms with Crippen LogP contribution in [0, 0.1) is 5.92 Å². The maximum Gasteiger partial charge on any atom is 0.275 e. The molecule has 0 atom stereocenters. The number of rotatable bonds is 8. The molecule has 0 spiro atoms. The minimum atomic E-state index is -0.186. The van der Waals surface area contributed by atoms with E-state index in [0.29, 0.717) is 28.0 Å². The third-order valence-electron chi connectivity index (χ3n) is 3.78. The number of nitrogens with zero attached hydrogens (tertiary/aromatic N) is 3. The molecule has 0 bridgehead atoms. The second-order valence-corrected chi connectivity index (χ2v) is 8.67. The molecule has 0 saturated carbocycles. The SMILES string of the molecule is COc1ccc(NC(=O)CSCc2cc(=O)n3nc(CC(C)C)sc3n2)cc1. The molecule has 1 amide bonds. The Labute approximate surface area is 171 Å². The van der Waals surface area contributed by atoms with Crippen molar-refractivity contribution in [3.63, 3.8) is 0 Å². The Morgan fingerprint density at radius 1 is 1.32 bits per heavy atom. The van der Waals surface area contributed by atoms with Crippen molar-refractivity contribution in [1.82, 2.24) is 14.6 Å². The molecule has 1 aromatic carbocycles. The lowest BCUT2D eigenvalue weighted by Gasteiger charge is -2.06. The molecule has 2 aromatic heterocycles. The maximum absolute atomic E-state index is 12.3. The minimum absolute atomic E-state index is 0.107. The van der Waals surface area contributed by atoms with E-state index in [9.17, 15) is 9.59 Å². The van der Waals surface area contributed by atoms with Crippen LogP contribution >= 0.6 is 23.1 Å². The van der Waals surface area contributed by atoms with Crippen molar-refractivity contribution >= 4 is 39.7 Å². The molecule has 7 nitrogen and oxygen atoms in total. The molecule has 148 valence electrons. The Morgan fingerprint density at radius 3 is 2.75 bits per heavy atom. The molecule has 1 N–H and O–H groups in total. The number of ether oxygens (including phenoxy) is 1. The fourth-order valence-corrected chi connectivity index (χ4v) is 4.37. The first kappa shape index (κ1) is 20.3. The number of anilines is 1. The number of aromatic nitrogens is 3. The fourth-order valence-electron chi connectivity index (χ4n) is 2.52. The summed E-state index contributed by atoms with van der Waals surface area (Å²) in [5.41, 5.74) is 1.19. The summed E-state index contributed by atoms with van der Waals surface area (Å²) in [6.45, 7) is 4.22. The van der Waals surface area contributed by atoms with Crippen LogP contribution in [0.1, 0.15) is 24.5 Å². The lowest BCUT2D eigenvalue weighted by Crippen LogP contribution is -2.16. The minimum Gasteiger partial charge on any atom is -0.497 e. The summed E-state index contributed by atoms with van der Waals surface area (Å²) in [6.07, 6.45) is 0.823. The van der Waals surface area contributed by atoms with Crippen molar-refractivity contribution in [3.05, 3.63) is 51.4 Å². The van der Waals surface area contributed by atoms with Gasteiger partial charge in [0.1, 0.15) is 10.8 Å². The molecular weight excluding hydrogens is 396 g/mol. The van der Waals surface area contributed by atoms with Crippen molar-refractivity contribution in [2.45, 2.75) is 26.0 Å². The highest BCUT2D eigenvalue weighted by atomic mass is 32.2. The van der Waals surface area contributed by atoms with Gasteiger partial charge in [0.05, 0.1) is 18.6 Å². The second kappa shape index (κ2) is 9.20. The van der Waals surface area contributed by atoms with Gasteiger partial charge in [-0.25, -0.2) is 4.98 Å². The number of carbonyl (C=O) groups excluding carboxylic acids is 1. The van der Waals surface area contributed by atoms with Crippen LogP contribution in [0.5, 0.6) is 5.75 Å². The van der Waals surface area contributed by atoms with Crippen molar-refractivity contribution in [3.8, 4) is 5.75 Å². The molecule has 0 radical (unpaired) electrons. The molecule has 9 heteroatoms. The number of amides is 1. The number of carbonyl (C=O) groups is 1. The van der Waals surface area contributed by atoms with E-state index in [0.717, 1.165) is 17.2 Å². The number of hydrogen-bond acceptors (Lipinski definition) is 7. The fraction of sp³-hybridized carbons (Fsp3) is 0.368. The molecule has 3 rings (SSSR count). The lowest BCUT2D eigenvalue weighted by atomic mass is 10.1. The highest BCUT2D eigenvalue weighted by Crippen LogP contribution is 2.18. The van der Waals surface area contributed by atoms with Gasteiger partial charge >= 0.3 is 0 Å². The van der Waals surface area contributed by atoms with Gasteiger partial charge in [-0.15, -0.1) is 11.8 Å². The third kappa shape index (κ3) is 5.32. The Bertz CT molecular complexity index is 1010. The van der Waals surface area contributed by atoms with E-state index >= 15 is 0 Å². The van der Waals surface area contributed by atoms with Crippen molar-refractivity contribution in [2.75, 3.05) is 18.2 Å². The van der Waals surface area contributed by atoms with E-state index < -0.39 is 0 Å². The van der Waals surface area contributed by atoms with Gasteiger partial charge in [0.25, 0.3) is 5.56 Å². The topological polar surface area (TPSA) is 85.6 Å². The summed E-state index contributed by atoms with van der Waals surface area (Å²) >= 11 is 2.85. The number of methoxy groups -OCH3 is 1. The van der Waals surface area contributed by atoms with Crippen LogP contribution in [-0.2, 0) is 17.0 Å². The number of hydrogen-bond donors (Lipinski definition) is 1. The van der Waals surface area contributed by atoms with E-state index in [1.807, 2.05) is 0 Å². The smallest absolute Gasteiger partial charge is 0.275 e. The highest BCUT2D eigenvalue weighted by Gasteiger charge is 2.11. The average Bonchev–Trinajstić information content (AvgIpc) is 3.04. The standard InChI is InChI=1S/C19H22N4O3S2/c1-12(2)8-17-22-23-18(25)9-14(21-19(23)28-17)10-27-11-16(24)20-13-4-6-15(26-3)7-5-13/h4-7,9,12H,8,10-11H2,1-3H3,(H,20,24). The molecular formula is C19H22N4O3S2. The summed E-state index contributed by atoms with van der Waals surface area (Å²) in [5.74, 6) is 1.85. The summed E-state index contributed by atoms with van der Waals surface area (Å²) in [5, 5.41) is 8.08.